The van der Waals surface area contributed by atoms with Crippen molar-refractivity contribution >= 4 is 50.6 Å². The van der Waals surface area contributed by atoms with Crippen molar-refractivity contribution in [3.05, 3.63) is 171 Å². The van der Waals surface area contributed by atoms with Gasteiger partial charge in [0.15, 0.2) is 0 Å². The Labute approximate surface area is 347 Å². The summed E-state index contributed by atoms with van der Waals surface area (Å²) in [7, 11) is -2.21. The van der Waals surface area contributed by atoms with Gasteiger partial charge in [0.25, 0.3) is 0 Å². The second-order valence-electron chi connectivity index (χ2n) is 17.1. The standard InChI is InChI=1S/C41H40N2O2.C6H18NSi2.Mg/c1-30-26-31(28-43(35-22-12-5-13-23-35)29-39-42-37-24-14-15-25-38(37)45-39)40(44)36(27-30)41(32-16-6-2-7-17-32,33-18-8-3-9-19-33)34-20-10-4-11-21-34;1-8(2,3)7-9(4,5)6;/h2-4,6-11,14-21,24-27,35,44H,5,12-13,22-23,28-29H2,1H3;1-6H3;/q;-1;+2/p+1. The maximum Gasteiger partial charge on any atom is 2.00 e. The Hall–Kier alpha value is -3.51. The third-order valence-corrected chi connectivity index (χ3v) is 15.8. The van der Waals surface area contributed by atoms with E-state index in [1.807, 2.05) is 36.4 Å². The number of H-pyrrole nitrogens is 1. The maximum atomic E-state index is 15.1. The zero-order chi connectivity index (χ0) is 38.3. The maximum absolute atomic E-state index is 15.1. The van der Waals surface area contributed by atoms with Crippen LogP contribution in [0.25, 0.3) is 15.7 Å². The topological polar surface area (TPSA) is 68.9 Å². The first-order valence-electron chi connectivity index (χ1n) is 19.8. The number of hydrogen-bond acceptors (Lipinski definition) is 2. The molecule has 1 fully saturated rings. The molecule has 0 bridgehead atoms. The average Bonchev–Trinajstić information content (AvgIpc) is 3.56. The molecule has 1 saturated carbocycles. The molecule has 5 nitrogen and oxygen atoms in total. The van der Waals surface area contributed by atoms with Crippen LogP contribution in [0, 0.1) is 6.92 Å². The molecule has 0 radical (unpaired) electrons. The summed E-state index contributed by atoms with van der Waals surface area (Å²) in [6, 6.07) is 44.4. The zero-order valence-electron chi connectivity index (χ0n) is 34.1. The molecule has 7 rings (SSSR count). The van der Waals surface area contributed by atoms with Crippen molar-refractivity contribution in [3.8, 4) is 5.75 Å². The number of benzene rings is 5. The summed E-state index contributed by atoms with van der Waals surface area (Å²) in [6.45, 7) is 17.3. The first-order valence-corrected chi connectivity index (χ1v) is 26.7. The second kappa shape index (κ2) is 18.6. The van der Waals surface area contributed by atoms with Crippen LogP contribution in [0.3, 0.4) is 0 Å². The van der Waals surface area contributed by atoms with Gasteiger partial charge in [0.2, 0.25) is 17.6 Å². The molecule has 8 heteroatoms. The fraction of sp³-hybridized carbons (Fsp3) is 0.340. The summed E-state index contributed by atoms with van der Waals surface area (Å²) in [5.41, 5.74) is 7.16. The first kappa shape index (κ1) is 42.6. The average molecular weight is 778 g/mol. The summed E-state index contributed by atoms with van der Waals surface area (Å²) in [4.78, 5) is 4.90. The SMILES string of the molecule is C[Si](C)(C)[N-][Si](C)(C)C.Cc1cc(C[NH+](Cc2[nH+]c3ccccc3o2)C2CCCCC2)c([O-])c(C(c2ccccc2)(c2ccccc2)c2ccccc2)c1.[Mg+2]. The predicted octanol–water partition coefficient (Wildman–Crippen LogP) is 9.58. The van der Waals surface area contributed by atoms with E-state index < -0.39 is 21.9 Å². The van der Waals surface area contributed by atoms with Gasteiger partial charge < -0.3 is 19.1 Å². The molecule has 1 aliphatic carbocycles. The molecule has 5 aromatic carbocycles. The summed E-state index contributed by atoms with van der Waals surface area (Å²) in [5.74, 6) is 0.989. The molecule has 55 heavy (non-hydrogen) atoms. The molecule has 1 atom stereocenters. The molecule has 1 heterocycles. The van der Waals surface area contributed by atoms with E-state index >= 15 is 5.11 Å². The van der Waals surface area contributed by atoms with Gasteiger partial charge in [0.1, 0.15) is 6.54 Å². The Morgan fingerprint density at radius 2 is 1.18 bits per heavy atom. The van der Waals surface area contributed by atoms with Crippen LogP contribution in [-0.4, -0.2) is 45.6 Å². The smallest absolute Gasteiger partial charge is 0.872 e. The van der Waals surface area contributed by atoms with Crippen molar-refractivity contribution < 1.29 is 19.4 Å². The van der Waals surface area contributed by atoms with Crippen LogP contribution >= 0.6 is 0 Å². The quantitative estimate of drug-likeness (QED) is 0.105. The fourth-order valence-electron chi connectivity index (χ4n) is 8.66. The van der Waals surface area contributed by atoms with E-state index in [1.165, 1.54) is 37.0 Å². The van der Waals surface area contributed by atoms with E-state index in [4.69, 9.17) is 9.07 Å². The number of nitrogens with one attached hydrogen (secondary N) is 2. The van der Waals surface area contributed by atoms with Gasteiger partial charge in [0.05, 0.1) is 11.5 Å². The molecule has 282 valence electrons. The minimum atomic E-state index is -1.11. The van der Waals surface area contributed by atoms with Crippen molar-refractivity contribution in [2.24, 2.45) is 0 Å². The number of hydrogen-bond donors (Lipinski definition) is 1. The van der Waals surface area contributed by atoms with Gasteiger partial charge in [-0.1, -0.05) is 189 Å². The summed E-state index contributed by atoms with van der Waals surface area (Å²) in [5, 5.41) is 15.1. The van der Waals surface area contributed by atoms with Crippen molar-refractivity contribution in [2.75, 3.05) is 0 Å². The Morgan fingerprint density at radius 1 is 0.691 bits per heavy atom. The summed E-state index contributed by atoms with van der Waals surface area (Å²) < 4.78 is 11.1. The number of aromatic nitrogens is 1. The molecule has 1 aromatic heterocycles. The zero-order valence-corrected chi connectivity index (χ0v) is 37.5. The van der Waals surface area contributed by atoms with Gasteiger partial charge >= 0.3 is 28.9 Å². The van der Waals surface area contributed by atoms with E-state index in [2.05, 4.69) is 142 Å². The Morgan fingerprint density at radius 3 is 1.65 bits per heavy atom. The third kappa shape index (κ3) is 10.7. The minimum absolute atomic E-state index is 0. The number of rotatable bonds is 11. The molecule has 0 spiro atoms. The molecule has 2 N–H and O–H groups in total. The van der Waals surface area contributed by atoms with Crippen molar-refractivity contribution in [1.29, 1.82) is 0 Å². The number of fused-ring (bicyclic) bond motifs is 1. The third-order valence-electron chi connectivity index (χ3n) is 10.4. The van der Waals surface area contributed by atoms with Crippen LogP contribution in [0.4, 0.5) is 0 Å². The predicted molar refractivity (Wildman–Crippen MR) is 233 cm³/mol. The second-order valence-corrected chi connectivity index (χ2v) is 26.7. The summed E-state index contributed by atoms with van der Waals surface area (Å²) in [6.07, 6.45) is 6.10. The van der Waals surface area contributed by atoms with Gasteiger partial charge in [-0.05, 0) is 66.5 Å². The number of oxazole rings is 1. The number of para-hydroxylation sites is 2. The molecule has 0 amide bonds. The molecular formula is C47H59MgN3O2Si2+2. The molecule has 6 aromatic rings. The number of nitrogens with zero attached hydrogens (tertiary/aromatic N) is 1. The van der Waals surface area contributed by atoms with Crippen LogP contribution in [0.1, 0.15) is 71.4 Å². The molecule has 1 aliphatic rings. The van der Waals surface area contributed by atoms with E-state index in [0.717, 1.165) is 50.4 Å². The normalized spacial score (nSPS) is 14.5. The number of aromatic amines is 1. The Balaban J connectivity index is 0.000000519. The van der Waals surface area contributed by atoms with Crippen molar-refractivity contribution in [2.45, 2.75) is 103 Å². The molecular weight excluding hydrogens is 719 g/mol. The van der Waals surface area contributed by atoms with E-state index in [0.29, 0.717) is 19.1 Å². The van der Waals surface area contributed by atoms with Crippen LogP contribution in [-0.2, 0) is 18.5 Å². The van der Waals surface area contributed by atoms with E-state index in [9.17, 15) is 0 Å². The van der Waals surface area contributed by atoms with Gasteiger partial charge in [0, 0.05) is 6.07 Å². The van der Waals surface area contributed by atoms with Crippen LogP contribution in [0.15, 0.2) is 132 Å². The van der Waals surface area contributed by atoms with Gasteiger partial charge in [-0.15, -0.1) is 0 Å². The molecule has 0 saturated heterocycles. The van der Waals surface area contributed by atoms with Crippen LogP contribution in [0.2, 0.25) is 39.3 Å². The van der Waals surface area contributed by atoms with Crippen LogP contribution in [0.5, 0.6) is 5.75 Å². The van der Waals surface area contributed by atoms with Crippen molar-refractivity contribution in [1.82, 2.24) is 0 Å². The Kier molecular flexibility index (Phi) is 14.4. The monoisotopic (exact) mass is 777 g/mol. The van der Waals surface area contributed by atoms with E-state index in [1.54, 1.807) is 0 Å². The Bertz CT molecular complexity index is 1950. The fourth-order valence-corrected chi connectivity index (χ4v) is 16.7. The first-order chi connectivity index (χ1) is 25.8. The van der Waals surface area contributed by atoms with Gasteiger partial charge in [-0.2, -0.15) is 4.98 Å². The largest absolute Gasteiger partial charge is 2.00 e. The van der Waals surface area contributed by atoms with Crippen LogP contribution < -0.4 is 15.0 Å². The van der Waals surface area contributed by atoms with Gasteiger partial charge in [-0.25, -0.2) is 0 Å². The van der Waals surface area contributed by atoms with Crippen molar-refractivity contribution in [3.63, 3.8) is 0 Å². The minimum Gasteiger partial charge on any atom is -0.872 e. The summed E-state index contributed by atoms with van der Waals surface area (Å²) >= 11 is 0. The molecule has 1 unspecified atom stereocenters. The van der Waals surface area contributed by atoms with Gasteiger partial charge in [-0.3, -0.25) is 0 Å². The van der Waals surface area contributed by atoms with E-state index in [-0.39, 0.29) is 28.8 Å². The molecule has 0 aliphatic heterocycles. The number of quaternary nitrogens is 1. The number of aryl methyl sites for hydroxylation is 1.